The molecule has 82 valence electrons. The number of hydrogen-bond acceptors (Lipinski definition) is 5. The highest BCUT2D eigenvalue weighted by Gasteiger charge is 2.30. The van der Waals surface area contributed by atoms with Gasteiger partial charge in [0.15, 0.2) is 0 Å². The molecule has 2 fully saturated rings. The van der Waals surface area contributed by atoms with Crippen LogP contribution in [0, 0.1) is 0 Å². The lowest BCUT2D eigenvalue weighted by Crippen LogP contribution is -2.21. The van der Waals surface area contributed by atoms with Crippen LogP contribution in [0.3, 0.4) is 0 Å². The van der Waals surface area contributed by atoms with Crippen molar-refractivity contribution in [1.82, 2.24) is 15.1 Å². The minimum atomic E-state index is -0.184. The van der Waals surface area contributed by atoms with Gasteiger partial charge in [0.25, 0.3) is 0 Å². The van der Waals surface area contributed by atoms with Gasteiger partial charge in [-0.05, 0) is 19.3 Å². The molecule has 1 N–H and O–H groups in total. The van der Waals surface area contributed by atoms with Gasteiger partial charge in [-0.1, -0.05) is 0 Å². The predicted molar refractivity (Wildman–Crippen MR) is 52.2 cm³/mol. The van der Waals surface area contributed by atoms with Crippen molar-refractivity contribution in [2.75, 3.05) is 13.1 Å². The molecule has 2 aliphatic rings. The van der Waals surface area contributed by atoms with Gasteiger partial charge in [0.2, 0.25) is 11.8 Å². The molecule has 0 spiro atoms. The van der Waals surface area contributed by atoms with Crippen molar-refractivity contribution >= 4 is 0 Å². The van der Waals surface area contributed by atoms with Gasteiger partial charge in [0.1, 0.15) is 0 Å². The van der Waals surface area contributed by atoms with Gasteiger partial charge in [-0.2, -0.15) is 0 Å². The van der Waals surface area contributed by atoms with Crippen molar-refractivity contribution in [3.8, 4) is 0 Å². The van der Waals surface area contributed by atoms with Gasteiger partial charge in [-0.3, -0.25) is 4.90 Å². The standard InChI is InChI=1S/C10H15N3O2/c14-8-3-4-13(5-8)6-9-11-12-10(15-9)7-1-2-7/h7-8,14H,1-6H2/t8-/m0/s1. The molecule has 1 aliphatic heterocycles. The molecule has 0 unspecified atom stereocenters. The van der Waals surface area contributed by atoms with Crippen LogP contribution < -0.4 is 0 Å². The molecule has 1 aromatic heterocycles. The number of aliphatic hydroxyl groups is 1. The molecule has 0 aromatic carbocycles. The van der Waals surface area contributed by atoms with E-state index < -0.39 is 0 Å². The number of β-amino-alcohol motifs (C(OH)–C–C–N with tert-alkyl or cyclic N) is 1. The normalized spacial score (nSPS) is 27.4. The molecule has 5 nitrogen and oxygen atoms in total. The molecule has 1 saturated heterocycles. The van der Waals surface area contributed by atoms with E-state index in [2.05, 4.69) is 15.1 Å². The molecule has 0 radical (unpaired) electrons. The number of hydrogen-bond donors (Lipinski definition) is 1. The zero-order valence-corrected chi connectivity index (χ0v) is 8.59. The molecule has 0 bridgehead atoms. The molecular weight excluding hydrogens is 194 g/mol. The van der Waals surface area contributed by atoms with Crippen LogP contribution in [0.25, 0.3) is 0 Å². The van der Waals surface area contributed by atoms with E-state index >= 15 is 0 Å². The third-order valence-electron chi connectivity index (χ3n) is 3.02. The second-order valence-corrected chi connectivity index (χ2v) is 4.49. The Labute approximate surface area is 88.1 Å². The molecule has 3 rings (SSSR count). The lowest BCUT2D eigenvalue weighted by molar-refractivity contribution is 0.171. The quantitative estimate of drug-likeness (QED) is 0.786. The highest BCUT2D eigenvalue weighted by atomic mass is 16.4. The summed E-state index contributed by atoms with van der Waals surface area (Å²) in [6, 6.07) is 0. The van der Waals surface area contributed by atoms with E-state index in [1.165, 1.54) is 12.8 Å². The second-order valence-electron chi connectivity index (χ2n) is 4.49. The number of rotatable bonds is 3. The van der Waals surface area contributed by atoms with Crippen LogP contribution in [-0.2, 0) is 6.54 Å². The van der Waals surface area contributed by atoms with Crippen molar-refractivity contribution in [2.24, 2.45) is 0 Å². The molecule has 2 heterocycles. The fourth-order valence-electron chi connectivity index (χ4n) is 1.97. The van der Waals surface area contributed by atoms with Crippen LogP contribution in [0.2, 0.25) is 0 Å². The molecule has 0 amide bonds. The van der Waals surface area contributed by atoms with E-state index in [1.807, 2.05) is 0 Å². The summed E-state index contributed by atoms with van der Waals surface area (Å²) in [6.07, 6.45) is 3.04. The Morgan fingerprint density at radius 2 is 2.20 bits per heavy atom. The predicted octanol–water partition coefficient (Wildman–Crippen LogP) is 0.514. The van der Waals surface area contributed by atoms with Crippen LogP contribution in [0.4, 0.5) is 0 Å². The summed E-state index contributed by atoms with van der Waals surface area (Å²) in [6.45, 7) is 2.32. The molecular formula is C10H15N3O2. The molecule has 1 aromatic rings. The third-order valence-corrected chi connectivity index (χ3v) is 3.02. The van der Waals surface area contributed by atoms with E-state index in [-0.39, 0.29) is 6.10 Å². The summed E-state index contributed by atoms with van der Waals surface area (Å²) >= 11 is 0. The summed E-state index contributed by atoms with van der Waals surface area (Å²) in [5, 5.41) is 17.4. The van der Waals surface area contributed by atoms with Gasteiger partial charge in [0.05, 0.1) is 12.6 Å². The van der Waals surface area contributed by atoms with Crippen molar-refractivity contribution in [3.05, 3.63) is 11.8 Å². The molecule has 5 heteroatoms. The van der Waals surface area contributed by atoms with Crippen molar-refractivity contribution in [1.29, 1.82) is 0 Å². The second kappa shape index (κ2) is 3.57. The first kappa shape index (κ1) is 9.30. The molecule has 15 heavy (non-hydrogen) atoms. The Morgan fingerprint density at radius 3 is 2.87 bits per heavy atom. The fourth-order valence-corrected chi connectivity index (χ4v) is 1.97. The average Bonchev–Trinajstić information content (AvgIpc) is 2.84. The zero-order chi connectivity index (χ0) is 10.3. The lowest BCUT2D eigenvalue weighted by atomic mass is 10.3. The molecule has 1 aliphatic carbocycles. The number of aliphatic hydroxyl groups excluding tert-OH is 1. The largest absolute Gasteiger partial charge is 0.424 e. The third kappa shape index (κ3) is 2.03. The minimum Gasteiger partial charge on any atom is -0.424 e. The lowest BCUT2D eigenvalue weighted by Gasteiger charge is -2.10. The molecule has 1 saturated carbocycles. The highest BCUT2D eigenvalue weighted by molar-refractivity contribution is 5.00. The van der Waals surface area contributed by atoms with Crippen LogP contribution in [0.5, 0.6) is 0 Å². The first-order valence-corrected chi connectivity index (χ1v) is 5.54. The van der Waals surface area contributed by atoms with E-state index in [9.17, 15) is 5.11 Å². The first-order chi connectivity index (χ1) is 7.31. The van der Waals surface area contributed by atoms with E-state index in [1.54, 1.807) is 0 Å². The Kier molecular flexibility index (Phi) is 2.21. The Hall–Kier alpha value is -0.940. The Bertz CT molecular complexity index is 348. The summed E-state index contributed by atoms with van der Waals surface area (Å²) in [5.41, 5.74) is 0. The minimum absolute atomic E-state index is 0.184. The summed E-state index contributed by atoms with van der Waals surface area (Å²) in [7, 11) is 0. The van der Waals surface area contributed by atoms with Crippen molar-refractivity contribution in [3.63, 3.8) is 0 Å². The van der Waals surface area contributed by atoms with Crippen LogP contribution >= 0.6 is 0 Å². The zero-order valence-electron chi connectivity index (χ0n) is 8.59. The van der Waals surface area contributed by atoms with Gasteiger partial charge in [-0.15, -0.1) is 10.2 Å². The first-order valence-electron chi connectivity index (χ1n) is 5.54. The van der Waals surface area contributed by atoms with Gasteiger partial charge in [-0.25, -0.2) is 0 Å². The van der Waals surface area contributed by atoms with E-state index in [0.29, 0.717) is 18.4 Å². The summed E-state index contributed by atoms with van der Waals surface area (Å²) < 4.78 is 5.56. The van der Waals surface area contributed by atoms with Crippen LogP contribution in [0.15, 0.2) is 4.42 Å². The Morgan fingerprint density at radius 1 is 1.33 bits per heavy atom. The maximum absolute atomic E-state index is 9.37. The average molecular weight is 209 g/mol. The SMILES string of the molecule is O[C@H]1CCN(Cc2nnc(C3CC3)o2)C1. The van der Waals surface area contributed by atoms with Crippen LogP contribution in [0.1, 0.15) is 37.0 Å². The Balaban J connectivity index is 1.61. The summed E-state index contributed by atoms with van der Waals surface area (Å²) in [4.78, 5) is 2.15. The smallest absolute Gasteiger partial charge is 0.230 e. The van der Waals surface area contributed by atoms with Crippen molar-refractivity contribution < 1.29 is 9.52 Å². The monoisotopic (exact) mass is 209 g/mol. The van der Waals surface area contributed by atoms with Crippen molar-refractivity contribution in [2.45, 2.75) is 37.8 Å². The van der Waals surface area contributed by atoms with Crippen LogP contribution in [-0.4, -0.2) is 39.4 Å². The van der Waals surface area contributed by atoms with Gasteiger partial charge < -0.3 is 9.52 Å². The maximum atomic E-state index is 9.37. The van der Waals surface area contributed by atoms with Gasteiger partial charge >= 0.3 is 0 Å². The summed E-state index contributed by atoms with van der Waals surface area (Å²) in [5.74, 6) is 2.01. The molecule has 1 atom stereocenters. The highest BCUT2D eigenvalue weighted by Crippen LogP contribution is 2.39. The van der Waals surface area contributed by atoms with E-state index in [0.717, 1.165) is 25.4 Å². The number of likely N-dealkylation sites (tertiary alicyclic amines) is 1. The van der Waals surface area contributed by atoms with Gasteiger partial charge in [0, 0.05) is 19.0 Å². The topological polar surface area (TPSA) is 62.4 Å². The van der Waals surface area contributed by atoms with E-state index in [4.69, 9.17) is 4.42 Å². The number of nitrogens with zero attached hydrogens (tertiary/aromatic N) is 3. The maximum Gasteiger partial charge on any atom is 0.230 e. The fraction of sp³-hybridized carbons (Fsp3) is 0.800. The number of aromatic nitrogens is 2.